The molecule has 2 heterocycles. The molecule has 4 rings (SSSR count). The highest BCUT2D eigenvalue weighted by Gasteiger charge is 2.21. The smallest absolute Gasteiger partial charge is 0.338 e. The molecule has 3 aromatic rings. The number of fused-ring (bicyclic) bond motifs is 1. The van der Waals surface area contributed by atoms with Gasteiger partial charge in [-0.25, -0.2) is 9.78 Å². The first-order valence-electron chi connectivity index (χ1n) is 11.4. The van der Waals surface area contributed by atoms with Gasteiger partial charge >= 0.3 is 5.97 Å². The second-order valence-electron chi connectivity index (χ2n) is 8.64. The van der Waals surface area contributed by atoms with Crippen molar-refractivity contribution >= 4 is 22.7 Å². The van der Waals surface area contributed by atoms with Crippen molar-refractivity contribution in [3.63, 3.8) is 0 Å². The maximum absolute atomic E-state index is 12.4. The fourth-order valence-corrected chi connectivity index (χ4v) is 4.08. The van der Waals surface area contributed by atoms with E-state index >= 15 is 0 Å². The van der Waals surface area contributed by atoms with Crippen molar-refractivity contribution in [2.75, 3.05) is 65.4 Å². The summed E-state index contributed by atoms with van der Waals surface area (Å²) in [6, 6.07) is 14.0. The number of benzene rings is 2. The van der Waals surface area contributed by atoms with Gasteiger partial charge in [0.2, 0.25) is 0 Å². The number of methoxy groups -OCH3 is 1. The first kappa shape index (κ1) is 23.2. The highest BCUT2D eigenvalue weighted by atomic mass is 16.5. The molecule has 1 aliphatic heterocycles. The van der Waals surface area contributed by atoms with Crippen molar-refractivity contribution in [1.29, 1.82) is 0 Å². The van der Waals surface area contributed by atoms with Crippen LogP contribution >= 0.6 is 0 Å². The van der Waals surface area contributed by atoms with Gasteiger partial charge in [0, 0.05) is 51.2 Å². The Labute approximate surface area is 195 Å². The van der Waals surface area contributed by atoms with Crippen LogP contribution in [0.15, 0.2) is 48.8 Å². The molecule has 1 aliphatic rings. The summed E-state index contributed by atoms with van der Waals surface area (Å²) in [5.74, 6) is -0.322. The van der Waals surface area contributed by atoms with E-state index in [0.717, 1.165) is 42.9 Å². The number of imidazole rings is 1. The number of nitrogens with zero attached hydrogens (tertiary/aromatic N) is 5. The normalized spacial score (nSPS) is 15.8. The fraction of sp³-hybridized carbons (Fsp3) is 0.440. The average Bonchev–Trinajstić information content (AvgIpc) is 3.27. The van der Waals surface area contributed by atoms with Crippen molar-refractivity contribution in [3.05, 3.63) is 54.4 Å². The minimum absolute atomic E-state index is 0.144. The zero-order valence-electron chi connectivity index (χ0n) is 19.9. The van der Waals surface area contributed by atoms with E-state index in [1.165, 1.54) is 5.69 Å². The molecule has 0 radical (unpaired) electrons. The predicted molar refractivity (Wildman–Crippen MR) is 130 cm³/mol. The number of hydrogen-bond donors (Lipinski definition) is 0. The van der Waals surface area contributed by atoms with Gasteiger partial charge in [0.1, 0.15) is 19.2 Å². The van der Waals surface area contributed by atoms with Crippen LogP contribution in [0, 0.1) is 0 Å². The van der Waals surface area contributed by atoms with Crippen LogP contribution in [-0.4, -0.2) is 92.1 Å². The van der Waals surface area contributed by atoms with Gasteiger partial charge < -0.3 is 19.3 Å². The lowest BCUT2D eigenvalue weighted by Gasteiger charge is -2.38. The van der Waals surface area contributed by atoms with E-state index in [0.29, 0.717) is 18.7 Å². The molecule has 0 bridgehead atoms. The summed E-state index contributed by atoms with van der Waals surface area (Å²) in [4.78, 5) is 23.6. The highest BCUT2D eigenvalue weighted by molar-refractivity contribution is 5.94. The largest absolute Gasteiger partial charge is 0.461 e. The third-order valence-electron chi connectivity index (χ3n) is 6.20. The molecule has 1 unspecified atom stereocenters. The van der Waals surface area contributed by atoms with Crippen molar-refractivity contribution < 1.29 is 14.3 Å². The van der Waals surface area contributed by atoms with Crippen molar-refractivity contribution in [3.8, 4) is 5.69 Å². The predicted octanol–water partition coefficient (Wildman–Crippen LogP) is 2.86. The molecule has 0 aliphatic carbocycles. The average molecular weight is 452 g/mol. The molecular weight excluding hydrogens is 418 g/mol. The zero-order valence-corrected chi connectivity index (χ0v) is 19.9. The maximum Gasteiger partial charge on any atom is 0.338 e. The fourth-order valence-electron chi connectivity index (χ4n) is 4.08. The number of esters is 1. The third-order valence-corrected chi connectivity index (χ3v) is 6.20. The number of carbonyl (C=O) groups is 1. The molecule has 1 saturated heterocycles. The molecule has 0 spiro atoms. The van der Waals surface area contributed by atoms with Gasteiger partial charge in [0.15, 0.2) is 0 Å². The molecule has 1 aromatic heterocycles. The lowest BCUT2D eigenvalue weighted by atomic mass is 10.2. The van der Waals surface area contributed by atoms with Crippen LogP contribution in [0.25, 0.3) is 16.7 Å². The summed E-state index contributed by atoms with van der Waals surface area (Å²) in [5, 5.41) is 0. The van der Waals surface area contributed by atoms with Crippen LogP contribution < -0.4 is 4.90 Å². The number of anilines is 1. The van der Waals surface area contributed by atoms with Gasteiger partial charge in [-0.2, -0.15) is 0 Å². The molecular formula is C25H33N5O3. The van der Waals surface area contributed by atoms with E-state index < -0.39 is 0 Å². The van der Waals surface area contributed by atoms with E-state index in [1.54, 1.807) is 19.2 Å². The first-order valence-corrected chi connectivity index (χ1v) is 11.4. The lowest BCUT2D eigenvalue weighted by molar-refractivity contribution is -0.0212. The summed E-state index contributed by atoms with van der Waals surface area (Å²) < 4.78 is 12.9. The summed E-state index contributed by atoms with van der Waals surface area (Å²) in [6.07, 6.45) is 1.95. The van der Waals surface area contributed by atoms with Crippen LogP contribution in [0.3, 0.4) is 0 Å². The first-order chi connectivity index (χ1) is 16.0. The SMILES string of the molecule is COC(C)N1CCN(c2cccc(-n3cnc4cc(C(=O)OCCN(C)C)ccc43)c2)CC1. The number of carbonyl (C=O) groups excluding carboxylic acids is 1. The number of hydrogen-bond acceptors (Lipinski definition) is 7. The lowest BCUT2D eigenvalue weighted by Crippen LogP contribution is -2.50. The van der Waals surface area contributed by atoms with E-state index in [-0.39, 0.29) is 12.2 Å². The van der Waals surface area contributed by atoms with Crippen molar-refractivity contribution in [2.24, 2.45) is 0 Å². The van der Waals surface area contributed by atoms with Gasteiger partial charge in [-0.05, 0) is 57.4 Å². The minimum Gasteiger partial charge on any atom is -0.461 e. The van der Waals surface area contributed by atoms with Crippen LogP contribution in [-0.2, 0) is 9.47 Å². The Balaban J connectivity index is 1.49. The van der Waals surface area contributed by atoms with Crippen molar-refractivity contribution in [1.82, 2.24) is 19.4 Å². The van der Waals surface area contributed by atoms with E-state index in [2.05, 4.69) is 50.5 Å². The topological polar surface area (TPSA) is 63.1 Å². The Morgan fingerprint density at radius 2 is 1.85 bits per heavy atom. The summed E-state index contributed by atoms with van der Waals surface area (Å²) in [6.45, 7) is 7.02. The monoisotopic (exact) mass is 451 g/mol. The Kier molecular flexibility index (Phi) is 7.27. The number of likely N-dealkylation sites (N-methyl/N-ethyl adjacent to an activating group) is 1. The third kappa shape index (κ3) is 5.35. The number of rotatable bonds is 8. The van der Waals surface area contributed by atoms with Gasteiger partial charge in [-0.1, -0.05) is 6.07 Å². The molecule has 0 amide bonds. The second kappa shape index (κ2) is 10.3. The Morgan fingerprint density at radius 1 is 1.09 bits per heavy atom. The van der Waals surface area contributed by atoms with Gasteiger partial charge in [0.05, 0.1) is 16.6 Å². The number of piperazine rings is 1. The minimum atomic E-state index is -0.322. The summed E-state index contributed by atoms with van der Waals surface area (Å²) in [7, 11) is 5.65. The summed E-state index contributed by atoms with van der Waals surface area (Å²) >= 11 is 0. The molecule has 33 heavy (non-hydrogen) atoms. The molecule has 0 N–H and O–H groups in total. The van der Waals surface area contributed by atoms with Gasteiger partial charge in [0.25, 0.3) is 0 Å². The molecule has 176 valence electrons. The van der Waals surface area contributed by atoms with Gasteiger partial charge in [-0.3, -0.25) is 9.47 Å². The zero-order chi connectivity index (χ0) is 23.4. The van der Waals surface area contributed by atoms with Crippen molar-refractivity contribution in [2.45, 2.75) is 13.2 Å². The summed E-state index contributed by atoms with van der Waals surface area (Å²) in [5.41, 5.74) is 4.48. The Bertz CT molecular complexity index is 1090. The molecule has 8 nitrogen and oxygen atoms in total. The van der Waals surface area contributed by atoms with E-state index in [9.17, 15) is 4.79 Å². The van der Waals surface area contributed by atoms with Crippen LogP contribution in [0.1, 0.15) is 17.3 Å². The van der Waals surface area contributed by atoms with E-state index in [1.807, 2.05) is 31.4 Å². The molecule has 1 atom stereocenters. The molecule has 0 saturated carbocycles. The maximum atomic E-state index is 12.4. The molecule has 2 aromatic carbocycles. The standard InChI is InChI=1S/C25H33N5O3/c1-19(32-4)28-10-12-29(13-11-28)21-6-5-7-22(17-21)30-18-26-23-16-20(8-9-24(23)30)25(31)33-15-14-27(2)3/h5-9,16-19H,10-15H2,1-4H3. The Morgan fingerprint density at radius 3 is 2.58 bits per heavy atom. The second-order valence-corrected chi connectivity index (χ2v) is 8.64. The molecule has 8 heteroatoms. The van der Waals surface area contributed by atoms with Crippen LogP contribution in [0.4, 0.5) is 5.69 Å². The Hall–Kier alpha value is -2.94. The number of ether oxygens (including phenoxy) is 2. The highest BCUT2D eigenvalue weighted by Crippen LogP contribution is 2.24. The van der Waals surface area contributed by atoms with E-state index in [4.69, 9.17) is 9.47 Å². The van der Waals surface area contributed by atoms with Crippen LogP contribution in [0.5, 0.6) is 0 Å². The molecule has 1 fully saturated rings. The van der Waals surface area contributed by atoms with Crippen LogP contribution in [0.2, 0.25) is 0 Å². The quantitative estimate of drug-likeness (QED) is 0.488. The number of aromatic nitrogens is 2. The van der Waals surface area contributed by atoms with Gasteiger partial charge in [-0.15, -0.1) is 0 Å².